The molecule has 0 saturated carbocycles. The van der Waals surface area contributed by atoms with E-state index in [-0.39, 0.29) is 0 Å². The van der Waals surface area contributed by atoms with Crippen molar-refractivity contribution < 1.29 is 0 Å². The average Bonchev–Trinajstić information content (AvgIpc) is 2.25. The molecule has 0 radical (unpaired) electrons. The van der Waals surface area contributed by atoms with Crippen LogP contribution in [0.4, 0.5) is 5.82 Å². The summed E-state index contributed by atoms with van der Waals surface area (Å²) in [7, 11) is 0. The van der Waals surface area contributed by atoms with Crippen LogP contribution in [-0.4, -0.2) is 27.5 Å². The first-order valence-electron chi connectivity index (χ1n) is 5.89. The standard InChI is InChI=1S/C12H20ClN3S/c1-5-17-7-6-8(2)14-12-9(3)11(13)15-10(4)16-12/h8H,5-7H2,1-4H3,(H,14,15,16). The Balaban J connectivity index is 2.61. The van der Waals surface area contributed by atoms with Gasteiger partial charge in [-0.1, -0.05) is 18.5 Å². The van der Waals surface area contributed by atoms with Gasteiger partial charge in [-0.2, -0.15) is 11.8 Å². The first kappa shape index (κ1) is 14.6. The number of halogens is 1. The number of rotatable bonds is 6. The van der Waals surface area contributed by atoms with Crippen molar-refractivity contribution in [2.45, 2.75) is 40.2 Å². The summed E-state index contributed by atoms with van der Waals surface area (Å²) in [5.41, 5.74) is 0.923. The molecule has 1 aromatic rings. The summed E-state index contributed by atoms with van der Waals surface area (Å²) in [4.78, 5) is 8.52. The minimum atomic E-state index is 0.401. The lowest BCUT2D eigenvalue weighted by Crippen LogP contribution is -2.18. The third-order valence-electron chi connectivity index (χ3n) is 2.48. The van der Waals surface area contributed by atoms with Gasteiger partial charge in [0.05, 0.1) is 0 Å². The van der Waals surface area contributed by atoms with Gasteiger partial charge in [0.25, 0.3) is 0 Å². The van der Waals surface area contributed by atoms with Crippen molar-refractivity contribution >= 4 is 29.2 Å². The van der Waals surface area contributed by atoms with Crippen LogP contribution in [0.25, 0.3) is 0 Å². The molecule has 17 heavy (non-hydrogen) atoms. The molecule has 0 aliphatic heterocycles. The van der Waals surface area contributed by atoms with E-state index in [1.807, 2.05) is 25.6 Å². The van der Waals surface area contributed by atoms with E-state index in [1.54, 1.807) is 0 Å². The maximum Gasteiger partial charge on any atom is 0.137 e. The highest BCUT2D eigenvalue weighted by Gasteiger charge is 2.09. The van der Waals surface area contributed by atoms with E-state index in [0.29, 0.717) is 17.0 Å². The van der Waals surface area contributed by atoms with Gasteiger partial charge >= 0.3 is 0 Å². The summed E-state index contributed by atoms with van der Waals surface area (Å²) in [6, 6.07) is 0.401. The molecular formula is C12H20ClN3S. The van der Waals surface area contributed by atoms with Crippen molar-refractivity contribution in [2.75, 3.05) is 16.8 Å². The molecule has 0 amide bonds. The summed E-state index contributed by atoms with van der Waals surface area (Å²) in [5, 5.41) is 3.94. The van der Waals surface area contributed by atoms with Gasteiger partial charge in [-0.3, -0.25) is 0 Å². The Labute approximate surface area is 113 Å². The lowest BCUT2D eigenvalue weighted by atomic mass is 10.2. The van der Waals surface area contributed by atoms with Crippen LogP contribution in [0.1, 0.15) is 31.7 Å². The predicted octanol–water partition coefficient (Wildman–Crippen LogP) is 3.69. The van der Waals surface area contributed by atoms with Crippen molar-refractivity contribution in [3.63, 3.8) is 0 Å². The van der Waals surface area contributed by atoms with Crippen molar-refractivity contribution in [3.8, 4) is 0 Å². The first-order chi connectivity index (χ1) is 8.04. The van der Waals surface area contributed by atoms with Gasteiger partial charge in [0.2, 0.25) is 0 Å². The zero-order valence-electron chi connectivity index (χ0n) is 10.9. The quantitative estimate of drug-likeness (QED) is 0.634. The highest BCUT2D eigenvalue weighted by molar-refractivity contribution is 7.99. The molecule has 0 aliphatic rings. The van der Waals surface area contributed by atoms with Crippen LogP contribution in [0.5, 0.6) is 0 Å². The number of anilines is 1. The molecule has 1 N–H and O–H groups in total. The number of nitrogens with zero attached hydrogens (tertiary/aromatic N) is 2. The maximum atomic E-state index is 6.03. The number of hydrogen-bond acceptors (Lipinski definition) is 4. The molecule has 96 valence electrons. The second-order valence-corrected chi connectivity index (χ2v) is 5.82. The first-order valence-corrected chi connectivity index (χ1v) is 7.42. The Morgan fingerprint density at radius 3 is 2.71 bits per heavy atom. The van der Waals surface area contributed by atoms with Crippen LogP contribution in [-0.2, 0) is 0 Å². The lowest BCUT2D eigenvalue weighted by Gasteiger charge is -2.16. The Bertz CT molecular complexity index is 371. The van der Waals surface area contributed by atoms with Crippen LogP contribution in [0.2, 0.25) is 5.15 Å². The Morgan fingerprint density at radius 2 is 2.06 bits per heavy atom. The van der Waals surface area contributed by atoms with Crippen LogP contribution in [0.3, 0.4) is 0 Å². The van der Waals surface area contributed by atoms with E-state index in [0.717, 1.165) is 17.8 Å². The predicted molar refractivity (Wildman–Crippen MR) is 77.2 cm³/mol. The van der Waals surface area contributed by atoms with E-state index in [9.17, 15) is 0 Å². The van der Waals surface area contributed by atoms with E-state index >= 15 is 0 Å². The van der Waals surface area contributed by atoms with Crippen molar-refractivity contribution in [1.29, 1.82) is 0 Å². The minimum absolute atomic E-state index is 0.401. The van der Waals surface area contributed by atoms with Crippen LogP contribution in [0.15, 0.2) is 0 Å². The van der Waals surface area contributed by atoms with Gasteiger partial charge in [-0.05, 0) is 38.7 Å². The summed E-state index contributed by atoms with van der Waals surface area (Å²) in [5.74, 6) is 3.90. The minimum Gasteiger partial charge on any atom is -0.367 e. The Hall–Kier alpha value is -0.480. The van der Waals surface area contributed by atoms with E-state index in [2.05, 4.69) is 29.1 Å². The number of aromatic nitrogens is 2. The van der Waals surface area contributed by atoms with Gasteiger partial charge < -0.3 is 5.32 Å². The Morgan fingerprint density at radius 1 is 1.35 bits per heavy atom. The van der Waals surface area contributed by atoms with Crippen molar-refractivity contribution in [3.05, 3.63) is 16.5 Å². The van der Waals surface area contributed by atoms with Gasteiger partial charge in [0.1, 0.15) is 16.8 Å². The second-order valence-electron chi connectivity index (χ2n) is 4.07. The Kier molecular flexibility index (Phi) is 6.06. The largest absolute Gasteiger partial charge is 0.367 e. The molecule has 1 atom stereocenters. The lowest BCUT2D eigenvalue weighted by molar-refractivity contribution is 0.762. The van der Waals surface area contributed by atoms with E-state index in [4.69, 9.17) is 11.6 Å². The molecule has 1 heterocycles. The van der Waals surface area contributed by atoms with E-state index < -0.39 is 0 Å². The van der Waals surface area contributed by atoms with Crippen LogP contribution < -0.4 is 5.32 Å². The molecule has 0 fully saturated rings. The number of thioether (sulfide) groups is 1. The van der Waals surface area contributed by atoms with Crippen molar-refractivity contribution in [1.82, 2.24) is 9.97 Å². The molecule has 5 heteroatoms. The fourth-order valence-corrected chi connectivity index (χ4v) is 2.47. The smallest absolute Gasteiger partial charge is 0.137 e. The number of hydrogen-bond donors (Lipinski definition) is 1. The van der Waals surface area contributed by atoms with Crippen molar-refractivity contribution in [2.24, 2.45) is 0 Å². The number of aryl methyl sites for hydroxylation is 1. The summed E-state index contributed by atoms with van der Waals surface area (Å²) < 4.78 is 0. The molecule has 1 aromatic heterocycles. The third-order valence-corrected chi connectivity index (χ3v) is 3.78. The molecule has 3 nitrogen and oxygen atoms in total. The van der Waals surface area contributed by atoms with Crippen LogP contribution in [0, 0.1) is 13.8 Å². The molecule has 0 spiro atoms. The summed E-state index contributed by atoms with van der Waals surface area (Å²) >= 11 is 7.99. The fourth-order valence-electron chi connectivity index (χ4n) is 1.44. The second kappa shape index (κ2) is 7.07. The monoisotopic (exact) mass is 273 g/mol. The van der Waals surface area contributed by atoms with Gasteiger partial charge in [0.15, 0.2) is 0 Å². The zero-order chi connectivity index (χ0) is 12.8. The molecular weight excluding hydrogens is 254 g/mol. The zero-order valence-corrected chi connectivity index (χ0v) is 12.5. The molecule has 0 saturated heterocycles. The van der Waals surface area contributed by atoms with Gasteiger partial charge in [0, 0.05) is 11.6 Å². The van der Waals surface area contributed by atoms with Crippen LogP contribution >= 0.6 is 23.4 Å². The molecule has 1 unspecified atom stereocenters. The molecule has 0 aromatic carbocycles. The third kappa shape index (κ3) is 4.72. The highest BCUT2D eigenvalue weighted by atomic mass is 35.5. The summed E-state index contributed by atoms with van der Waals surface area (Å²) in [6.07, 6.45) is 1.12. The highest BCUT2D eigenvalue weighted by Crippen LogP contribution is 2.20. The SMILES string of the molecule is CCSCCC(C)Nc1nc(C)nc(Cl)c1C. The molecule has 0 aliphatic carbocycles. The maximum absolute atomic E-state index is 6.03. The van der Waals surface area contributed by atoms with Gasteiger partial charge in [-0.15, -0.1) is 0 Å². The topological polar surface area (TPSA) is 37.8 Å². The van der Waals surface area contributed by atoms with E-state index in [1.165, 1.54) is 11.5 Å². The summed E-state index contributed by atoms with van der Waals surface area (Å²) in [6.45, 7) is 8.15. The molecule has 1 rings (SSSR count). The average molecular weight is 274 g/mol. The van der Waals surface area contributed by atoms with Gasteiger partial charge in [-0.25, -0.2) is 9.97 Å². The number of nitrogens with one attached hydrogen (secondary N) is 1. The normalized spacial score (nSPS) is 12.5. The fraction of sp³-hybridized carbons (Fsp3) is 0.667. The molecule has 0 bridgehead atoms.